The summed E-state index contributed by atoms with van der Waals surface area (Å²) in [6, 6.07) is 0. The van der Waals surface area contributed by atoms with Crippen molar-refractivity contribution in [1.82, 2.24) is 4.98 Å². The summed E-state index contributed by atoms with van der Waals surface area (Å²) in [6.07, 6.45) is 0. The summed E-state index contributed by atoms with van der Waals surface area (Å²) in [7, 11) is 0. The molecule has 0 aliphatic rings. The van der Waals surface area contributed by atoms with Gasteiger partial charge in [0, 0.05) is 5.41 Å². The summed E-state index contributed by atoms with van der Waals surface area (Å²) >= 11 is 5.59. The third-order valence-electron chi connectivity index (χ3n) is 1.45. The first-order valence-electron chi connectivity index (χ1n) is 3.54. The van der Waals surface area contributed by atoms with Gasteiger partial charge in [0.1, 0.15) is 5.76 Å². The molecule has 11 heavy (non-hydrogen) atoms. The summed E-state index contributed by atoms with van der Waals surface area (Å²) in [4.78, 5) is 3.98. The van der Waals surface area contributed by atoms with Crippen LogP contribution in [0.2, 0.25) is 5.35 Å². The van der Waals surface area contributed by atoms with E-state index < -0.39 is 0 Å². The van der Waals surface area contributed by atoms with Gasteiger partial charge >= 0.3 is 0 Å². The lowest BCUT2D eigenvalue weighted by Gasteiger charge is -2.14. The summed E-state index contributed by atoms with van der Waals surface area (Å²) in [5.74, 6) is 0.863. The third kappa shape index (κ3) is 1.74. The van der Waals surface area contributed by atoms with E-state index in [2.05, 4.69) is 25.8 Å². The molecule has 1 aromatic rings. The van der Waals surface area contributed by atoms with Gasteiger partial charge in [-0.15, -0.1) is 0 Å². The lowest BCUT2D eigenvalue weighted by atomic mass is 9.92. The van der Waals surface area contributed by atoms with Gasteiger partial charge in [-0.05, 0) is 18.5 Å². The predicted molar refractivity (Wildman–Crippen MR) is 45.0 cm³/mol. The normalized spacial score (nSPS) is 12.1. The zero-order valence-electron chi connectivity index (χ0n) is 7.23. The van der Waals surface area contributed by atoms with E-state index >= 15 is 0 Å². The SMILES string of the molecule is Cc1nc(Cl)oc1C(C)(C)C. The van der Waals surface area contributed by atoms with Crippen LogP contribution in [-0.4, -0.2) is 4.98 Å². The lowest BCUT2D eigenvalue weighted by Crippen LogP contribution is -2.11. The van der Waals surface area contributed by atoms with E-state index in [0.29, 0.717) is 0 Å². The standard InChI is InChI=1S/C8H12ClNO/c1-5-6(8(2,3)4)11-7(9)10-5/h1-4H3. The predicted octanol–water partition coefficient (Wildman–Crippen LogP) is 2.93. The Kier molecular flexibility index (Phi) is 1.97. The van der Waals surface area contributed by atoms with Crippen molar-refractivity contribution in [3.8, 4) is 0 Å². The van der Waals surface area contributed by atoms with Crippen molar-refractivity contribution < 1.29 is 4.42 Å². The fourth-order valence-electron chi connectivity index (χ4n) is 1.06. The number of hydrogen-bond donors (Lipinski definition) is 0. The molecule has 0 aliphatic carbocycles. The molecule has 0 saturated heterocycles. The Morgan fingerprint density at radius 3 is 2.09 bits per heavy atom. The first kappa shape index (κ1) is 8.60. The molecule has 0 atom stereocenters. The lowest BCUT2D eigenvalue weighted by molar-refractivity contribution is 0.406. The molecule has 0 unspecified atom stereocenters. The molecule has 0 aromatic carbocycles. The maximum absolute atomic E-state index is 5.59. The van der Waals surface area contributed by atoms with Crippen molar-refractivity contribution in [3.63, 3.8) is 0 Å². The Morgan fingerprint density at radius 2 is 1.91 bits per heavy atom. The van der Waals surface area contributed by atoms with Crippen molar-refractivity contribution in [2.24, 2.45) is 0 Å². The second kappa shape index (κ2) is 2.52. The average molecular weight is 174 g/mol. The molecule has 0 amide bonds. The highest BCUT2D eigenvalue weighted by atomic mass is 35.5. The molecular weight excluding hydrogens is 162 g/mol. The number of rotatable bonds is 0. The van der Waals surface area contributed by atoms with Crippen molar-refractivity contribution in [1.29, 1.82) is 0 Å². The van der Waals surface area contributed by atoms with E-state index in [1.54, 1.807) is 0 Å². The van der Waals surface area contributed by atoms with E-state index in [0.717, 1.165) is 11.5 Å². The molecule has 2 nitrogen and oxygen atoms in total. The van der Waals surface area contributed by atoms with Crippen LogP contribution < -0.4 is 0 Å². The molecule has 62 valence electrons. The molecule has 0 saturated carbocycles. The van der Waals surface area contributed by atoms with Gasteiger partial charge in [0.2, 0.25) is 0 Å². The minimum atomic E-state index is -0.00970. The quantitative estimate of drug-likeness (QED) is 0.603. The molecule has 1 rings (SSSR count). The van der Waals surface area contributed by atoms with Crippen LogP contribution in [0.4, 0.5) is 0 Å². The van der Waals surface area contributed by atoms with Crippen LogP contribution in [0.25, 0.3) is 0 Å². The zero-order valence-corrected chi connectivity index (χ0v) is 7.99. The van der Waals surface area contributed by atoms with Gasteiger partial charge in [-0.25, -0.2) is 4.98 Å². The summed E-state index contributed by atoms with van der Waals surface area (Å²) in [6.45, 7) is 8.10. The summed E-state index contributed by atoms with van der Waals surface area (Å²) in [5, 5.41) is 0.229. The van der Waals surface area contributed by atoms with Crippen LogP contribution >= 0.6 is 11.6 Å². The highest BCUT2D eigenvalue weighted by Gasteiger charge is 2.22. The highest BCUT2D eigenvalue weighted by Crippen LogP contribution is 2.27. The molecule has 0 radical (unpaired) electrons. The Labute approximate surface area is 71.6 Å². The van der Waals surface area contributed by atoms with Gasteiger partial charge < -0.3 is 4.42 Å². The van der Waals surface area contributed by atoms with Crippen LogP contribution in [0.5, 0.6) is 0 Å². The Balaban J connectivity index is 3.13. The van der Waals surface area contributed by atoms with E-state index in [9.17, 15) is 0 Å². The molecule has 0 aliphatic heterocycles. The van der Waals surface area contributed by atoms with Crippen molar-refractivity contribution in [2.75, 3.05) is 0 Å². The van der Waals surface area contributed by atoms with Gasteiger partial charge in [-0.1, -0.05) is 20.8 Å². The van der Waals surface area contributed by atoms with Crippen LogP contribution in [0.15, 0.2) is 4.42 Å². The number of hydrogen-bond acceptors (Lipinski definition) is 2. The number of nitrogens with zero attached hydrogens (tertiary/aromatic N) is 1. The second-order valence-electron chi connectivity index (χ2n) is 3.63. The monoisotopic (exact) mass is 173 g/mol. The largest absolute Gasteiger partial charge is 0.432 e. The molecule has 0 bridgehead atoms. The van der Waals surface area contributed by atoms with Gasteiger partial charge in [-0.2, -0.15) is 0 Å². The van der Waals surface area contributed by atoms with E-state index in [1.807, 2.05) is 6.92 Å². The van der Waals surface area contributed by atoms with Crippen molar-refractivity contribution in [3.05, 3.63) is 16.8 Å². The number of aryl methyl sites for hydroxylation is 1. The third-order valence-corrected chi connectivity index (χ3v) is 1.61. The molecule has 1 aromatic heterocycles. The van der Waals surface area contributed by atoms with E-state index in [-0.39, 0.29) is 10.8 Å². The Morgan fingerprint density at radius 1 is 1.36 bits per heavy atom. The van der Waals surface area contributed by atoms with Gasteiger partial charge in [0.25, 0.3) is 5.35 Å². The van der Waals surface area contributed by atoms with Gasteiger partial charge in [0.15, 0.2) is 0 Å². The number of oxazole rings is 1. The first-order valence-corrected chi connectivity index (χ1v) is 3.92. The first-order chi connectivity index (χ1) is 4.91. The molecule has 0 N–H and O–H groups in total. The number of aromatic nitrogens is 1. The van der Waals surface area contributed by atoms with Crippen LogP contribution in [-0.2, 0) is 5.41 Å². The fourth-order valence-corrected chi connectivity index (χ4v) is 1.26. The summed E-state index contributed by atoms with van der Waals surface area (Å²) in [5.41, 5.74) is 0.868. The second-order valence-corrected chi connectivity index (χ2v) is 3.95. The Hall–Kier alpha value is -0.500. The summed E-state index contributed by atoms with van der Waals surface area (Å²) < 4.78 is 5.23. The minimum absolute atomic E-state index is 0.00970. The van der Waals surface area contributed by atoms with Crippen LogP contribution in [0, 0.1) is 6.92 Å². The van der Waals surface area contributed by atoms with E-state index in [4.69, 9.17) is 16.0 Å². The zero-order chi connectivity index (χ0) is 8.65. The highest BCUT2D eigenvalue weighted by molar-refractivity contribution is 6.27. The maximum atomic E-state index is 5.59. The smallest absolute Gasteiger partial charge is 0.292 e. The topological polar surface area (TPSA) is 26.0 Å². The van der Waals surface area contributed by atoms with Gasteiger partial charge in [-0.3, -0.25) is 0 Å². The van der Waals surface area contributed by atoms with Crippen molar-refractivity contribution in [2.45, 2.75) is 33.1 Å². The van der Waals surface area contributed by atoms with Crippen LogP contribution in [0.1, 0.15) is 32.2 Å². The molecular formula is C8H12ClNO. The molecule has 3 heteroatoms. The van der Waals surface area contributed by atoms with Gasteiger partial charge in [0.05, 0.1) is 5.69 Å². The van der Waals surface area contributed by atoms with Crippen molar-refractivity contribution >= 4 is 11.6 Å². The maximum Gasteiger partial charge on any atom is 0.292 e. The molecule has 0 fully saturated rings. The average Bonchev–Trinajstić information content (AvgIpc) is 2.08. The minimum Gasteiger partial charge on any atom is -0.432 e. The fraction of sp³-hybridized carbons (Fsp3) is 0.625. The van der Waals surface area contributed by atoms with E-state index in [1.165, 1.54) is 0 Å². The molecule has 1 heterocycles. The Bertz CT molecular complexity index is 260. The number of halogens is 1. The molecule has 0 spiro atoms. The van der Waals surface area contributed by atoms with Crippen LogP contribution in [0.3, 0.4) is 0 Å².